The molecule has 1 atom stereocenters. The number of halogens is 1. The summed E-state index contributed by atoms with van der Waals surface area (Å²) >= 11 is 0. The summed E-state index contributed by atoms with van der Waals surface area (Å²) < 4.78 is 15.2. The molecule has 2 N–H and O–H groups in total. The lowest BCUT2D eigenvalue weighted by Gasteiger charge is -2.52. The number of hydrogen-bond acceptors (Lipinski definition) is 3. The maximum atomic E-state index is 13.5. The summed E-state index contributed by atoms with van der Waals surface area (Å²) in [6.45, 7) is 4.13. The number of amides is 1. The molecular weight excluding hydrogens is 403 g/mol. The number of carbonyl (C=O) groups excluding carboxylic acids is 1. The number of aryl methyl sites for hydroxylation is 1. The first-order chi connectivity index (χ1) is 15.4. The first-order valence-electron chi connectivity index (χ1n) is 11.0. The number of benzene rings is 2. The van der Waals surface area contributed by atoms with Crippen molar-refractivity contribution in [2.45, 2.75) is 25.8 Å². The van der Waals surface area contributed by atoms with E-state index < -0.39 is 0 Å². The Bertz CT molecular complexity index is 1160. The molecule has 0 radical (unpaired) electrons. The molecule has 164 valence electrons. The second-order valence-electron chi connectivity index (χ2n) is 9.13. The number of rotatable bonds is 5. The monoisotopic (exact) mass is 430 g/mol. The first kappa shape index (κ1) is 20.6. The van der Waals surface area contributed by atoms with E-state index in [1.807, 2.05) is 19.1 Å². The van der Waals surface area contributed by atoms with Crippen molar-refractivity contribution in [3.05, 3.63) is 94.6 Å². The van der Waals surface area contributed by atoms with Crippen molar-refractivity contribution in [3.8, 4) is 0 Å². The minimum atomic E-state index is -0.223. The van der Waals surface area contributed by atoms with Gasteiger partial charge in [-0.3, -0.25) is 9.48 Å². The molecule has 2 fully saturated rings. The Kier molecular flexibility index (Phi) is 5.18. The predicted octanol–water partition coefficient (Wildman–Crippen LogP) is 4.24. The number of nitrogens with zero attached hydrogens (tertiary/aromatic N) is 2. The van der Waals surface area contributed by atoms with Crippen LogP contribution in [0, 0.1) is 11.2 Å². The Morgan fingerprint density at radius 3 is 2.22 bits per heavy atom. The zero-order chi connectivity index (χ0) is 22.3. The van der Waals surface area contributed by atoms with Crippen molar-refractivity contribution in [1.29, 1.82) is 0 Å². The summed E-state index contributed by atoms with van der Waals surface area (Å²) in [5.41, 5.74) is 6.67. The normalized spacial score (nSPS) is 17.4. The molecule has 32 heavy (non-hydrogen) atoms. The van der Waals surface area contributed by atoms with Gasteiger partial charge in [-0.1, -0.05) is 42.0 Å². The third-order valence-electron chi connectivity index (χ3n) is 6.66. The van der Waals surface area contributed by atoms with Gasteiger partial charge in [-0.2, -0.15) is 5.10 Å². The van der Waals surface area contributed by atoms with Gasteiger partial charge in [0.25, 0.3) is 5.91 Å². The highest BCUT2D eigenvalue weighted by molar-refractivity contribution is 5.92. The highest BCUT2D eigenvalue weighted by Gasteiger charge is 2.46. The van der Waals surface area contributed by atoms with E-state index in [1.165, 1.54) is 23.3 Å². The Labute approximate surface area is 187 Å². The third kappa shape index (κ3) is 3.86. The molecular formula is C26H27FN4O. The van der Waals surface area contributed by atoms with Crippen LogP contribution in [0.15, 0.2) is 66.4 Å². The SMILES string of the molecule is C[C@@H](NC(=O)c1ccn(C)n1)c1ccc(C(=C2CC3(CNC3)C2)c2ccc(F)cc2)cc1. The summed E-state index contributed by atoms with van der Waals surface area (Å²) in [7, 11) is 1.79. The molecule has 1 aliphatic heterocycles. The molecule has 1 aliphatic carbocycles. The van der Waals surface area contributed by atoms with Crippen molar-refractivity contribution < 1.29 is 9.18 Å². The molecule has 1 amide bonds. The van der Waals surface area contributed by atoms with E-state index in [0.717, 1.165) is 42.6 Å². The molecule has 5 nitrogen and oxygen atoms in total. The van der Waals surface area contributed by atoms with Crippen molar-refractivity contribution in [1.82, 2.24) is 20.4 Å². The quantitative estimate of drug-likeness (QED) is 0.637. The lowest BCUT2D eigenvalue weighted by Crippen LogP contribution is -2.58. The Morgan fingerprint density at radius 2 is 1.69 bits per heavy atom. The summed E-state index contributed by atoms with van der Waals surface area (Å²) in [6.07, 6.45) is 3.93. The highest BCUT2D eigenvalue weighted by Crippen LogP contribution is 2.51. The van der Waals surface area contributed by atoms with E-state index in [1.54, 1.807) is 24.0 Å². The summed E-state index contributed by atoms with van der Waals surface area (Å²) in [6, 6.07) is 16.7. The summed E-state index contributed by atoms with van der Waals surface area (Å²) in [5.74, 6) is -0.413. The molecule has 0 bridgehead atoms. The van der Waals surface area contributed by atoms with E-state index in [0.29, 0.717) is 11.1 Å². The molecule has 2 aliphatic rings. The molecule has 1 saturated carbocycles. The molecule has 3 aromatic rings. The minimum absolute atomic E-state index is 0.145. The van der Waals surface area contributed by atoms with Gasteiger partial charge in [0.1, 0.15) is 11.5 Å². The van der Waals surface area contributed by atoms with E-state index in [4.69, 9.17) is 0 Å². The molecule has 5 rings (SSSR count). The molecule has 1 aromatic heterocycles. The second-order valence-corrected chi connectivity index (χ2v) is 9.13. The summed E-state index contributed by atoms with van der Waals surface area (Å²) in [4.78, 5) is 12.4. The summed E-state index contributed by atoms with van der Waals surface area (Å²) in [5, 5.41) is 10.6. The largest absolute Gasteiger partial charge is 0.344 e. The molecule has 2 aromatic carbocycles. The maximum absolute atomic E-state index is 13.5. The van der Waals surface area contributed by atoms with Crippen molar-refractivity contribution in [2.24, 2.45) is 12.5 Å². The van der Waals surface area contributed by atoms with E-state index in [-0.39, 0.29) is 17.8 Å². The van der Waals surface area contributed by atoms with Crippen LogP contribution < -0.4 is 10.6 Å². The maximum Gasteiger partial charge on any atom is 0.272 e. The molecule has 1 saturated heterocycles. The fourth-order valence-corrected chi connectivity index (χ4v) is 4.78. The highest BCUT2D eigenvalue weighted by atomic mass is 19.1. The Morgan fingerprint density at radius 1 is 1.06 bits per heavy atom. The minimum Gasteiger partial charge on any atom is -0.344 e. The van der Waals surface area contributed by atoms with Crippen LogP contribution in [0.5, 0.6) is 0 Å². The number of hydrogen-bond donors (Lipinski definition) is 2. The fraction of sp³-hybridized carbons (Fsp3) is 0.308. The lowest BCUT2D eigenvalue weighted by molar-refractivity contribution is 0.0934. The van der Waals surface area contributed by atoms with Gasteiger partial charge in [-0.15, -0.1) is 0 Å². The van der Waals surface area contributed by atoms with Crippen LogP contribution in [0.2, 0.25) is 0 Å². The van der Waals surface area contributed by atoms with Gasteiger partial charge in [0.05, 0.1) is 6.04 Å². The zero-order valence-corrected chi connectivity index (χ0v) is 18.4. The van der Waals surface area contributed by atoms with Crippen LogP contribution in [-0.2, 0) is 7.05 Å². The molecule has 2 heterocycles. The van der Waals surface area contributed by atoms with Gasteiger partial charge in [0.15, 0.2) is 0 Å². The average Bonchev–Trinajstić information content (AvgIpc) is 3.16. The lowest BCUT2D eigenvalue weighted by atomic mass is 9.60. The van der Waals surface area contributed by atoms with Gasteiger partial charge in [0, 0.05) is 31.7 Å². The van der Waals surface area contributed by atoms with Crippen LogP contribution >= 0.6 is 0 Å². The number of carbonyl (C=O) groups is 1. The molecule has 0 unspecified atom stereocenters. The van der Waals surface area contributed by atoms with Gasteiger partial charge in [-0.25, -0.2) is 4.39 Å². The first-order valence-corrected chi connectivity index (χ1v) is 11.0. The smallest absolute Gasteiger partial charge is 0.272 e. The van der Waals surface area contributed by atoms with Crippen LogP contribution in [0.4, 0.5) is 4.39 Å². The average molecular weight is 431 g/mol. The van der Waals surface area contributed by atoms with Gasteiger partial charge in [0.2, 0.25) is 0 Å². The number of aromatic nitrogens is 2. The number of nitrogens with one attached hydrogen (secondary N) is 2. The van der Waals surface area contributed by atoms with Crippen LogP contribution in [-0.4, -0.2) is 28.8 Å². The number of allylic oxidation sites excluding steroid dienone is 1. The van der Waals surface area contributed by atoms with Crippen LogP contribution in [0.3, 0.4) is 0 Å². The van der Waals surface area contributed by atoms with E-state index in [9.17, 15) is 9.18 Å². The molecule has 6 heteroatoms. The van der Waals surface area contributed by atoms with Crippen molar-refractivity contribution in [2.75, 3.05) is 13.1 Å². The fourth-order valence-electron chi connectivity index (χ4n) is 4.78. The van der Waals surface area contributed by atoms with Crippen LogP contribution in [0.25, 0.3) is 5.57 Å². The standard InChI is InChI=1S/C26H27FN4O/c1-17(29-25(32)23-11-12-31(2)30-23)18-3-5-19(6-4-18)24(20-7-9-22(27)10-8-20)21-13-26(14-21)15-28-16-26/h3-12,17,28H,13-16H2,1-2H3,(H,29,32)/t17-/m1/s1. The zero-order valence-electron chi connectivity index (χ0n) is 18.4. The van der Waals surface area contributed by atoms with E-state index >= 15 is 0 Å². The second kappa shape index (κ2) is 8.02. The van der Waals surface area contributed by atoms with Crippen molar-refractivity contribution >= 4 is 11.5 Å². The van der Waals surface area contributed by atoms with Gasteiger partial charge < -0.3 is 10.6 Å². The Hall–Kier alpha value is -3.25. The predicted molar refractivity (Wildman–Crippen MR) is 122 cm³/mol. The van der Waals surface area contributed by atoms with Crippen molar-refractivity contribution in [3.63, 3.8) is 0 Å². The van der Waals surface area contributed by atoms with E-state index in [2.05, 4.69) is 40.0 Å². The molecule has 1 spiro atoms. The topological polar surface area (TPSA) is 59.0 Å². The Balaban J connectivity index is 1.38. The third-order valence-corrected chi connectivity index (χ3v) is 6.66. The van der Waals surface area contributed by atoms with Gasteiger partial charge >= 0.3 is 0 Å². The van der Waals surface area contributed by atoms with Gasteiger partial charge in [-0.05, 0) is 60.2 Å². The van der Waals surface area contributed by atoms with Crippen LogP contribution in [0.1, 0.15) is 53.0 Å².